The van der Waals surface area contributed by atoms with E-state index in [1.165, 1.54) is 0 Å². The summed E-state index contributed by atoms with van der Waals surface area (Å²) >= 11 is 6.04. The maximum Gasteiger partial charge on any atom is 0.207 e. The number of likely N-dealkylation sites (tertiary alicyclic amines) is 1. The molecule has 6 nitrogen and oxygen atoms in total. The molecule has 0 aliphatic carbocycles. The Balaban J connectivity index is 0.000000641. The lowest BCUT2D eigenvalue weighted by atomic mass is 10.0. The fourth-order valence-electron chi connectivity index (χ4n) is 4.05. The number of hydrogen-bond acceptors (Lipinski definition) is 4. The number of halogens is 1. The summed E-state index contributed by atoms with van der Waals surface area (Å²) in [6.45, 7) is 17.8. The van der Waals surface area contributed by atoms with Gasteiger partial charge in [0.15, 0.2) is 5.78 Å². The van der Waals surface area contributed by atoms with Gasteiger partial charge in [0.05, 0.1) is 17.8 Å². The highest BCUT2D eigenvalue weighted by Gasteiger charge is 2.26. The van der Waals surface area contributed by atoms with Gasteiger partial charge in [0.25, 0.3) is 0 Å². The van der Waals surface area contributed by atoms with Crippen LogP contribution in [0.5, 0.6) is 0 Å². The number of benzene rings is 1. The van der Waals surface area contributed by atoms with Gasteiger partial charge in [-0.3, -0.25) is 14.5 Å². The highest BCUT2D eigenvalue weighted by Crippen LogP contribution is 2.30. The van der Waals surface area contributed by atoms with Gasteiger partial charge in [0, 0.05) is 53.8 Å². The molecule has 35 heavy (non-hydrogen) atoms. The van der Waals surface area contributed by atoms with Gasteiger partial charge < -0.3 is 14.6 Å². The van der Waals surface area contributed by atoms with Crippen molar-refractivity contribution in [2.75, 3.05) is 26.7 Å². The first-order chi connectivity index (χ1) is 16.6. The van der Waals surface area contributed by atoms with E-state index in [4.69, 9.17) is 16.3 Å². The lowest BCUT2D eigenvalue weighted by Crippen LogP contribution is -2.43. The van der Waals surface area contributed by atoms with Crippen LogP contribution in [0.4, 0.5) is 0 Å². The molecule has 0 unspecified atom stereocenters. The molecule has 1 fully saturated rings. The number of methoxy groups -OCH3 is 1. The van der Waals surface area contributed by atoms with Crippen molar-refractivity contribution in [1.82, 2.24) is 14.8 Å². The van der Waals surface area contributed by atoms with Crippen molar-refractivity contribution in [1.29, 1.82) is 0 Å². The number of ether oxygens (including phenoxy) is 1. The first kappa shape index (κ1) is 28.6. The number of carbonyl (C=O) groups is 2. The fraction of sp³-hybridized carbons (Fsp3) is 0.429. The second-order valence-corrected chi connectivity index (χ2v) is 9.99. The molecule has 1 aromatic heterocycles. The molecule has 0 radical (unpaired) electrons. The molecule has 0 atom stereocenters. The highest BCUT2D eigenvalue weighted by molar-refractivity contribution is 6.30. The molecule has 1 aliphatic heterocycles. The van der Waals surface area contributed by atoms with Crippen LogP contribution in [0, 0.1) is 6.92 Å². The molecule has 190 valence electrons. The van der Waals surface area contributed by atoms with E-state index in [9.17, 15) is 9.59 Å². The Morgan fingerprint density at radius 2 is 1.74 bits per heavy atom. The smallest absolute Gasteiger partial charge is 0.207 e. The Morgan fingerprint density at radius 1 is 1.17 bits per heavy atom. The number of nitrogens with zero attached hydrogens (tertiary/aromatic N) is 2. The van der Waals surface area contributed by atoms with Crippen LogP contribution < -0.4 is 5.32 Å². The largest absolute Gasteiger partial charge is 0.379 e. The average Bonchev–Trinajstić information content (AvgIpc) is 3.12. The van der Waals surface area contributed by atoms with E-state index in [1.807, 2.05) is 56.5 Å². The predicted octanol–water partition coefficient (Wildman–Crippen LogP) is 5.55. The Bertz CT molecular complexity index is 1030. The van der Waals surface area contributed by atoms with E-state index in [-0.39, 0.29) is 17.4 Å². The maximum atomic E-state index is 13.3. The summed E-state index contributed by atoms with van der Waals surface area (Å²) in [6.07, 6.45) is 5.93. The minimum Gasteiger partial charge on any atom is -0.379 e. The minimum atomic E-state index is 0.0417. The normalized spacial score (nSPS) is 14.6. The summed E-state index contributed by atoms with van der Waals surface area (Å²) in [5.74, 6) is 0.0648. The van der Waals surface area contributed by atoms with Crippen LogP contribution in [-0.2, 0) is 9.53 Å². The van der Waals surface area contributed by atoms with Crippen LogP contribution in [0.15, 0.2) is 37.4 Å². The van der Waals surface area contributed by atoms with Crippen LogP contribution in [0.1, 0.15) is 60.9 Å². The molecule has 1 saturated heterocycles. The predicted molar refractivity (Wildman–Crippen MR) is 145 cm³/mol. The second-order valence-electron chi connectivity index (χ2n) is 9.55. The first-order valence-corrected chi connectivity index (χ1v) is 12.2. The standard InChI is InChI=1S/C23H26ClN3O2.C5H12O/c1-4-20-21(5-2)27(19-8-6-17(24)7-9-19)16(3)23(20)22(29)14-26-12-10-18(11-13-26)25-15-28;1-5(2,3)6-4/h4-9,15,18H,1-2,10-14H2,3H3,(H,25,28);1-4H3. The number of rotatable bonds is 8. The molecule has 1 aliphatic rings. The fourth-order valence-corrected chi connectivity index (χ4v) is 4.18. The van der Waals surface area contributed by atoms with Crippen LogP contribution in [0.3, 0.4) is 0 Å². The maximum absolute atomic E-state index is 13.3. The zero-order valence-corrected chi connectivity index (χ0v) is 22.3. The summed E-state index contributed by atoms with van der Waals surface area (Å²) in [7, 11) is 1.71. The molecule has 0 bridgehead atoms. The monoisotopic (exact) mass is 499 g/mol. The number of hydrogen-bond donors (Lipinski definition) is 1. The molecule has 1 aromatic carbocycles. The quantitative estimate of drug-likeness (QED) is 0.382. The van der Waals surface area contributed by atoms with Gasteiger partial charge in [0.1, 0.15) is 0 Å². The number of amides is 1. The van der Waals surface area contributed by atoms with Crippen LogP contribution in [-0.4, -0.2) is 60.0 Å². The van der Waals surface area contributed by atoms with Crippen molar-refractivity contribution in [2.45, 2.75) is 52.2 Å². The summed E-state index contributed by atoms with van der Waals surface area (Å²) in [4.78, 5) is 26.0. The molecule has 1 amide bonds. The Kier molecular flexibility index (Phi) is 10.5. The first-order valence-electron chi connectivity index (χ1n) is 11.8. The molecule has 0 spiro atoms. The molecular weight excluding hydrogens is 462 g/mol. The average molecular weight is 500 g/mol. The molecule has 1 N–H and O–H groups in total. The Morgan fingerprint density at radius 3 is 2.20 bits per heavy atom. The molecule has 3 rings (SSSR count). The van der Waals surface area contributed by atoms with Gasteiger partial charge in [-0.2, -0.15) is 0 Å². The molecular formula is C28H38ClN3O3. The van der Waals surface area contributed by atoms with Gasteiger partial charge in [-0.25, -0.2) is 0 Å². The molecule has 2 aromatic rings. The van der Waals surface area contributed by atoms with Crippen molar-refractivity contribution in [3.05, 3.63) is 65.0 Å². The van der Waals surface area contributed by atoms with Crippen molar-refractivity contribution in [3.8, 4) is 5.69 Å². The van der Waals surface area contributed by atoms with E-state index in [2.05, 4.69) is 23.4 Å². The lowest BCUT2D eigenvalue weighted by molar-refractivity contribution is -0.110. The third-order valence-electron chi connectivity index (χ3n) is 6.12. The number of ketones is 1. The molecule has 0 saturated carbocycles. The van der Waals surface area contributed by atoms with Crippen molar-refractivity contribution in [3.63, 3.8) is 0 Å². The zero-order chi connectivity index (χ0) is 26.2. The van der Waals surface area contributed by atoms with E-state index < -0.39 is 0 Å². The van der Waals surface area contributed by atoms with Crippen LogP contribution in [0.2, 0.25) is 5.02 Å². The number of nitrogens with one attached hydrogen (secondary N) is 1. The van der Waals surface area contributed by atoms with Crippen molar-refractivity contribution in [2.24, 2.45) is 0 Å². The number of Topliss-reactive ketones (excluding diaryl/α,β-unsaturated/α-hetero) is 1. The Labute approximate surface area is 214 Å². The second kappa shape index (κ2) is 12.9. The van der Waals surface area contributed by atoms with E-state index >= 15 is 0 Å². The Hall–Kier alpha value is -2.67. The van der Waals surface area contributed by atoms with Crippen LogP contribution >= 0.6 is 11.6 Å². The van der Waals surface area contributed by atoms with Crippen LogP contribution in [0.25, 0.3) is 17.8 Å². The van der Waals surface area contributed by atoms with E-state index in [0.29, 0.717) is 17.1 Å². The summed E-state index contributed by atoms with van der Waals surface area (Å²) in [5.41, 5.74) is 4.15. The summed E-state index contributed by atoms with van der Waals surface area (Å²) in [5, 5.41) is 3.49. The van der Waals surface area contributed by atoms with Gasteiger partial charge in [-0.1, -0.05) is 30.8 Å². The molecule has 7 heteroatoms. The van der Waals surface area contributed by atoms with E-state index in [1.54, 1.807) is 19.3 Å². The highest BCUT2D eigenvalue weighted by atomic mass is 35.5. The summed E-state index contributed by atoms with van der Waals surface area (Å²) in [6, 6.07) is 7.70. The number of aromatic nitrogens is 1. The minimum absolute atomic E-state index is 0.0417. The number of piperidine rings is 1. The van der Waals surface area contributed by atoms with Gasteiger partial charge in [-0.15, -0.1) is 0 Å². The SMILES string of the molecule is C=Cc1c(C(=O)CN2CCC(NC=O)CC2)c(C)n(-c2ccc(Cl)cc2)c1C=C.COC(C)(C)C. The van der Waals surface area contributed by atoms with Gasteiger partial charge >= 0.3 is 0 Å². The topological polar surface area (TPSA) is 63.6 Å². The summed E-state index contributed by atoms with van der Waals surface area (Å²) < 4.78 is 6.96. The third kappa shape index (κ3) is 7.66. The zero-order valence-electron chi connectivity index (χ0n) is 21.6. The van der Waals surface area contributed by atoms with Gasteiger partial charge in [0.2, 0.25) is 6.41 Å². The third-order valence-corrected chi connectivity index (χ3v) is 6.37. The van der Waals surface area contributed by atoms with Crippen molar-refractivity contribution >= 4 is 35.9 Å². The van der Waals surface area contributed by atoms with Gasteiger partial charge in [-0.05, 0) is 70.9 Å². The molecule has 2 heterocycles. The van der Waals surface area contributed by atoms with E-state index in [0.717, 1.165) is 55.0 Å². The van der Waals surface area contributed by atoms with Crippen molar-refractivity contribution < 1.29 is 14.3 Å². The number of carbonyl (C=O) groups excluding carboxylic acids is 2. The lowest BCUT2D eigenvalue weighted by Gasteiger charge is -2.31.